The van der Waals surface area contributed by atoms with Crippen LogP contribution in [0.25, 0.3) is 0 Å². The Morgan fingerprint density at radius 2 is 2.00 bits per heavy atom. The molecule has 1 heteroatoms. The number of hydrogen-bond donors (Lipinski definition) is 0. The summed E-state index contributed by atoms with van der Waals surface area (Å²) in [6.07, 6.45) is 0.358. The van der Waals surface area contributed by atoms with Crippen LogP contribution in [0.2, 0.25) is 0 Å². The lowest BCUT2D eigenvalue weighted by Crippen LogP contribution is -2.05. The van der Waals surface area contributed by atoms with Crippen molar-refractivity contribution >= 4 is 0 Å². The number of fused-ring (bicyclic) bond motifs is 1. The summed E-state index contributed by atoms with van der Waals surface area (Å²) < 4.78 is 5.87. The number of benzene rings is 1. The molecule has 0 spiro atoms. The molecule has 1 heterocycles. The van der Waals surface area contributed by atoms with Gasteiger partial charge in [0.15, 0.2) is 0 Å². The Kier molecular flexibility index (Phi) is 1.58. The first-order valence-electron chi connectivity index (χ1n) is 5.40. The predicted molar refractivity (Wildman–Crippen MR) is 55.9 cm³/mol. The minimum atomic E-state index is 0.358. The molecule has 1 unspecified atom stereocenters. The van der Waals surface area contributed by atoms with Gasteiger partial charge in [-0.15, -0.1) is 0 Å². The smallest absolute Gasteiger partial charge is 0.0862 e. The van der Waals surface area contributed by atoms with Gasteiger partial charge in [-0.3, -0.25) is 0 Å². The molecule has 3 rings (SSSR count). The summed E-state index contributed by atoms with van der Waals surface area (Å²) >= 11 is 0. The molecule has 74 valence electrons. The summed E-state index contributed by atoms with van der Waals surface area (Å²) in [7, 11) is 0. The summed E-state index contributed by atoms with van der Waals surface area (Å²) in [5, 5.41) is 0. The first kappa shape index (κ1) is 8.49. The molecule has 1 nitrogen and oxygen atoms in total. The molecule has 0 radical (unpaired) electrons. The van der Waals surface area contributed by atoms with E-state index in [2.05, 4.69) is 44.2 Å². The zero-order valence-electron chi connectivity index (χ0n) is 8.73. The molecule has 0 amide bonds. The largest absolute Gasteiger partial charge is 0.373 e. The van der Waals surface area contributed by atoms with Crippen molar-refractivity contribution in [3.8, 4) is 0 Å². The van der Waals surface area contributed by atoms with Crippen molar-refractivity contribution < 1.29 is 4.74 Å². The van der Waals surface area contributed by atoms with Gasteiger partial charge in [-0.2, -0.15) is 0 Å². The van der Waals surface area contributed by atoms with E-state index in [-0.39, 0.29) is 0 Å². The summed E-state index contributed by atoms with van der Waals surface area (Å²) in [6.45, 7) is 5.65. The van der Waals surface area contributed by atoms with Crippen molar-refractivity contribution in [2.24, 2.45) is 17.3 Å². The van der Waals surface area contributed by atoms with Crippen LogP contribution < -0.4 is 0 Å². The van der Waals surface area contributed by atoms with Crippen molar-refractivity contribution in [2.45, 2.75) is 20.0 Å². The quantitative estimate of drug-likeness (QED) is 0.658. The van der Waals surface area contributed by atoms with Crippen LogP contribution >= 0.6 is 0 Å². The molecular formula is C13H16O. The van der Waals surface area contributed by atoms with Gasteiger partial charge in [-0.25, -0.2) is 0 Å². The van der Waals surface area contributed by atoms with E-state index in [1.165, 1.54) is 5.56 Å². The van der Waals surface area contributed by atoms with E-state index in [0.29, 0.717) is 11.5 Å². The zero-order valence-corrected chi connectivity index (χ0v) is 8.73. The third kappa shape index (κ3) is 0.936. The van der Waals surface area contributed by atoms with Crippen LogP contribution in [0.3, 0.4) is 0 Å². The van der Waals surface area contributed by atoms with Gasteiger partial charge in [-0.1, -0.05) is 44.2 Å². The molecule has 4 atom stereocenters. The van der Waals surface area contributed by atoms with Crippen LogP contribution in [0.1, 0.15) is 25.5 Å². The lowest BCUT2D eigenvalue weighted by atomic mass is 10.0. The minimum absolute atomic E-state index is 0.358. The van der Waals surface area contributed by atoms with E-state index in [4.69, 9.17) is 4.74 Å². The van der Waals surface area contributed by atoms with Crippen molar-refractivity contribution in [2.75, 3.05) is 6.61 Å². The van der Waals surface area contributed by atoms with Crippen LogP contribution in [0, 0.1) is 17.3 Å². The van der Waals surface area contributed by atoms with Gasteiger partial charge in [0.05, 0.1) is 12.7 Å². The minimum Gasteiger partial charge on any atom is -0.373 e. The van der Waals surface area contributed by atoms with E-state index in [0.717, 1.165) is 18.4 Å². The molecule has 1 saturated carbocycles. The molecule has 2 aliphatic rings. The van der Waals surface area contributed by atoms with E-state index in [9.17, 15) is 0 Å². The second kappa shape index (κ2) is 2.60. The first-order chi connectivity index (χ1) is 6.73. The van der Waals surface area contributed by atoms with Gasteiger partial charge in [-0.05, 0) is 16.9 Å². The van der Waals surface area contributed by atoms with Crippen molar-refractivity contribution in [1.82, 2.24) is 0 Å². The third-order valence-corrected chi connectivity index (χ3v) is 4.26. The molecule has 0 N–H and O–H groups in total. The van der Waals surface area contributed by atoms with Crippen molar-refractivity contribution in [1.29, 1.82) is 0 Å². The fourth-order valence-electron chi connectivity index (χ4n) is 2.99. The molecule has 2 fully saturated rings. The molecule has 1 aliphatic carbocycles. The molecule has 0 bridgehead atoms. The molecule has 0 aromatic heterocycles. The summed E-state index contributed by atoms with van der Waals surface area (Å²) in [5.74, 6) is 1.59. The highest BCUT2D eigenvalue weighted by Gasteiger charge is 2.66. The Labute approximate surface area is 85.1 Å². The standard InChI is InChI=1S/C13H16O/c1-9-11-12(14-8-13(9,11)2)10-6-4-3-5-7-10/h3-7,9,11-12H,8H2,1-2H3/t9?,11-,12+,13-/m1/s1. The number of rotatable bonds is 1. The van der Waals surface area contributed by atoms with E-state index < -0.39 is 0 Å². The third-order valence-electron chi connectivity index (χ3n) is 4.26. The van der Waals surface area contributed by atoms with Gasteiger partial charge in [0.2, 0.25) is 0 Å². The normalized spacial score (nSPS) is 44.9. The fraction of sp³-hybridized carbons (Fsp3) is 0.538. The van der Waals surface area contributed by atoms with Crippen LogP contribution in [-0.2, 0) is 4.74 Å². The van der Waals surface area contributed by atoms with Crippen LogP contribution in [0.5, 0.6) is 0 Å². The Bertz CT molecular complexity index is 346. The maximum atomic E-state index is 5.87. The lowest BCUT2D eigenvalue weighted by molar-refractivity contribution is 0.0605. The highest BCUT2D eigenvalue weighted by molar-refractivity contribution is 5.25. The Morgan fingerprint density at radius 1 is 1.29 bits per heavy atom. The van der Waals surface area contributed by atoms with E-state index >= 15 is 0 Å². The van der Waals surface area contributed by atoms with Gasteiger partial charge in [0, 0.05) is 5.92 Å². The maximum absolute atomic E-state index is 5.87. The van der Waals surface area contributed by atoms with E-state index in [1.54, 1.807) is 0 Å². The monoisotopic (exact) mass is 188 g/mol. The van der Waals surface area contributed by atoms with Crippen LogP contribution in [0.15, 0.2) is 30.3 Å². The summed E-state index contributed by atoms with van der Waals surface area (Å²) in [5.41, 5.74) is 1.83. The van der Waals surface area contributed by atoms with Gasteiger partial charge >= 0.3 is 0 Å². The van der Waals surface area contributed by atoms with Crippen LogP contribution in [0.4, 0.5) is 0 Å². The SMILES string of the molecule is CC1[C@@H]2[C@H](c3ccccc3)OC[C@]12C. The average Bonchev–Trinajstić information content (AvgIpc) is 2.61. The van der Waals surface area contributed by atoms with E-state index in [1.807, 2.05) is 0 Å². The molecule has 1 saturated heterocycles. The lowest BCUT2D eigenvalue weighted by Gasteiger charge is -2.14. The average molecular weight is 188 g/mol. The Morgan fingerprint density at radius 3 is 2.57 bits per heavy atom. The van der Waals surface area contributed by atoms with Crippen molar-refractivity contribution in [3.63, 3.8) is 0 Å². The van der Waals surface area contributed by atoms with Crippen molar-refractivity contribution in [3.05, 3.63) is 35.9 Å². The molecule has 14 heavy (non-hydrogen) atoms. The molecule has 1 aromatic rings. The zero-order chi connectivity index (χ0) is 9.76. The fourth-order valence-corrected chi connectivity index (χ4v) is 2.99. The second-order valence-electron chi connectivity index (χ2n) is 4.96. The maximum Gasteiger partial charge on any atom is 0.0862 e. The number of ether oxygens (including phenoxy) is 1. The second-order valence-corrected chi connectivity index (χ2v) is 4.96. The first-order valence-corrected chi connectivity index (χ1v) is 5.40. The molecular weight excluding hydrogens is 172 g/mol. The summed E-state index contributed by atoms with van der Waals surface area (Å²) in [4.78, 5) is 0. The molecule has 1 aliphatic heterocycles. The van der Waals surface area contributed by atoms with Crippen LogP contribution in [-0.4, -0.2) is 6.61 Å². The van der Waals surface area contributed by atoms with Gasteiger partial charge in [0.1, 0.15) is 0 Å². The summed E-state index contributed by atoms with van der Waals surface area (Å²) in [6, 6.07) is 10.6. The predicted octanol–water partition coefficient (Wildman–Crippen LogP) is 3.03. The van der Waals surface area contributed by atoms with Gasteiger partial charge in [0.25, 0.3) is 0 Å². The highest BCUT2D eigenvalue weighted by Crippen LogP contribution is 2.68. The molecule has 1 aromatic carbocycles. The topological polar surface area (TPSA) is 9.23 Å². The Hall–Kier alpha value is -0.820. The number of hydrogen-bond acceptors (Lipinski definition) is 1. The Balaban J connectivity index is 1.90. The van der Waals surface area contributed by atoms with Gasteiger partial charge < -0.3 is 4.74 Å². The highest BCUT2D eigenvalue weighted by atomic mass is 16.5.